The van der Waals surface area contributed by atoms with E-state index in [9.17, 15) is 0 Å². The molecule has 0 atom stereocenters. The number of hydrogen-bond donors (Lipinski definition) is 0. The van der Waals surface area contributed by atoms with Crippen molar-refractivity contribution in [2.45, 2.75) is 39.0 Å². The molecule has 2 heteroatoms. The van der Waals surface area contributed by atoms with E-state index in [0.29, 0.717) is 0 Å². The molecule has 14 heavy (non-hydrogen) atoms. The molecule has 2 nitrogen and oxygen atoms in total. The molecular formula is C12H18N2. The van der Waals surface area contributed by atoms with E-state index >= 15 is 0 Å². The number of rotatable bonds is 4. The summed E-state index contributed by atoms with van der Waals surface area (Å²) < 4.78 is 0. The largest absolute Gasteiger partial charge is 0.241 e. The summed E-state index contributed by atoms with van der Waals surface area (Å²) in [5.41, 5.74) is 2.19. The van der Waals surface area contributed by atoms with Gasteiger partial charge in [0.1, 0.15) is 6.33 Å². The number of hydrogen-bond acceptors (Lipinski definition) is 2. The maximum absolute atomic E-state index is 4.34. The van der Waals surface area contributed by atoms with E-state index in [1.54, 1.807) is 12.4 Å². The first-order valence-electron chi connectivity index (χ1n) is 5.11. The van der Waals surface area contributed by atoms with Gasteiger partial charge in [-0.1, -0.05) is 27.4 Å². The molecule has 1 rings (SSSR count). The smallest absolute Gasteiger partial charge is 0.116 e. The van der Waals surface area contributed by atoms with Crippen LogP contribution in [0.2, 0.25) is 0 Å². The first-order chi connectivity index (χ1) is 6.66. The highest BCUT2D eigenvalue weighted by Gasteiger charge is 2.23. The third kappa shape index (κ3) is 2.00. The van der Waals surface area contributed by atoms with Crippen LogP contribution in [0.15, 0.2) is 19.0 Å². The molecule has 0 spiro atoms. The average molecular weight is 190 g/mol. The molecule has 0 saturated heterocycles. The van der Waals surface area contributed by atoms with E-state index in [4.69, 9.17) is 0 Å². The van der Waals surface area contributed by atoms with Gasteiger partial charge < -0.3 is 0 Å². The van der Waals surface area contributed by atoms with Crippen LogP contribution in [-0.2, 0) is 5.41 Å². The highest BCUT2D eigenvalue weighted by atomic mass is 14.8. The third-order valence-electron chi connectivity index (χ3n) is 3.08. The summed E-state index contributed by atoms with van der Waals surface area (Å²) in [5.74, 6) is 0. The topological polar surface area (TPSA) is 25.8 Å². The first-order valence-corrected chi connectivity index (χ1v) is 5.11. The van der Waals surface area contributed by atoms with Gasteiger partial charge in [-0.25, -0.2) is 9.97 Å². The summed E-state index contributed by atoms with van der Waals surface area (Å²) in [6.45, 7) is 10.3. The van der Waals surface area contributed by atoms with Crippen LogP contribution < -0.4 is 0 Å². The fraction of sp³-hybridized carbons (Fsp3) is 0.500. The summed E-state index contributed by atoms with van der Waals surface area (Å²) in [6, 6.07) is 2.03. The van der Waals surface area contributed by atoms with Gasteiger partial charge in [-0.3, -0.25) is 0 Å². The SMILES string of the molecule is C=Cc1cc(C(C)(CC)CC)ncn1. The molecule has 0 N–H and O–H groups in total. The Balaban J connectivity index is 3.10. The van der Waals surface area contributed by atoms with E-state index in [1.807, 2.05) is 6.07 Å². The number of aromatic nitrogens is 2. The molecule has 76 valence electrons. The molecule has 0 bridgehead atoms. The summed E-state index contributed by atoms with van der Waals surface area (Å²) in [5, 5.41) is 0. The van der Waals surface area contributed by atoms with Gasteiger partial charge >= 0.3 is 0 Å². The second-order valence-corrected chi connectivity index (χ2v) is 3.80. The Morgan fingerprint density at radius 3 is 2.50 bits per heavy atom. The summed E-state index contributed by atoms with van der Waals surface area (Å²) in [7, 11) is 0. The molecule has 0 aliphatic rings. The fourth-order valence-electron chi connectivity index (χ4n) is 1.43. The van der Waals surface area contributed by atoms with E-state index in [0.717, 1.165) is 24.2 Å². The van der Waals surface area contributed by atoms with Gasteiger partial charge in [0.2, 0.25) is 0 Å². The van der Waals surface area contributed by atoms with Crippen molar-refractivity contribution in [3.05, 3.63) is 30.4 Å². The lowest BCUT2D eigenvalue weighted by Crippen LogP contribution is -2.21. The van der Waals surface area contributed by atoms with Crippen LogP contribution in [-0.4, -0.2) is 9.97 Å². The van der Waals surface area contributed by atoms with Crippen LogP contribution in [0.1, 0.15) is 45.0 Å². The Morgan fingerprint density at radius 2 is 2.00 bits per heavy atom. The average Bonchev–Trinajstić information content (AvgIpc) is 2.28. The van der Waals surface area contributed by atoms with Crippen LogP contribution in [0.4, 0.5) is 0 Å². The van der Waals surface area contributed by atoms with Crippen molar-refractivity contribution in [1.29, 1.82) is 0 Å². The quantitative estimate of drug-likeness (QED) is 0.728. The lowest BCUT2D eigenvalue weighted by molar-refractivity contribution is 0.425. The van der Waals surface area contributed by atoms with E-state index < -0.39 is 0 Å². The zero-order valence-corrected chi connectivity index (χ0v) is 9.25. The minimum Gasteiger partial charge on any atom is -0.241 e. The lowest BCUT2D eigenvalue weighted by Gasteiger charge is -2.25. The zero-order chi connectivity index (χ0) is 10.6. The Labute approximate surface area is 86.1 Å². The fourth-order valence-corrected chi connectivity index (χ4v) is 1.43. The van der Waals surface area contributed by atoms with Gasteiger partial charge in [0.25, 0.3) is 0 Å². The molecule has 1 aromatic heterocycles. The van der Waals surface area contributed by atoms with Gasteiger partial charge in [-0.2, -0.15) is 0 Å². The minimum atomic E-state index is 0.167. The van der Waals surface area contributed by atoms with Crippen LogP contribution in [0.5, 0.6) is 0 Å². The van der Waals surface area contributed by atoms with E-state index in [2.05, 4.69) is 37.3 Å². The molecule has 0 aliphatic heterocycles. The third-order valence-corrected chi connectivity index (χ3v) is 3.08. The maximum atomic E-state index is 4.34. The standard InChI is InChI=1S/C12H18N2/c1-5-10-8-11(14-9-13-10)12(4,6-2)7-3/h5,8-9H,1,6-7H2,2-4H3. The van der Waals surface area contributed by atoms with Crippen molar-refractivity contribution in [2.75, 3.05) is 0 Å². The number of nitrogens with zero attached hydrogens (tertiary/aromatic N) is 2. The van der Waals surface area contributed by atoms with Crippen molar-refractivity contribution < 1.29 is 0 Å². The molecule has 0 aromatic carbocycles. The van der Waals surface area contributed by atoms with Crippen LogP contribution in [0.3, 0.4) is 0 Å². The van der Waals surface area contributed by atoms with Crippen molar-refractivity contribution in [3.8, 4) is 0 Å². The summed E-state index contributed by atoms with van der Waals surface area (Å²) >= 11 is 0. The second kappa shape index (κ2) is 4.36. The highest BCUT2D eigenvalue weighted by molar-refractivity contribution is 5.42. The summed E-state index contributed by atoms with van der Waals surface area (Å²) in [6.07, 6.45) is 5.57. The van der Waals surface area contributed by atoms with E-state index in [-0.39, 0.29) is 5.41 Å². The molecular weight excluding hydrogens is 172 g/mol. The molecule has 0 amide bonds. The molecule has 1 aromatic rings. The Hall–Kier alpha value is -1.18. The van der Waals surface area contributed by atoms with Crippen LogP contribution >= 0.6 is 0 Å². The van der Waals surface area contributed by atoms with Gasteiger partial charge in [0, 0.05) is 5.41 Å². The van der Waals surface area contributed by atoms with Crippen LogP contribution in [0.25, 0.3) is 6.08 Å². The van der Waals surface area contributed by atoms with Crippen molar-refractivity contribution in [1.82, 2.24) is 9.97 Å². The van der Waals surface area contributed by atoms with Crippen molar-refractivity contribution in [2.24, 2.45) is 0 Å². The molecule has 1 heterocycles. The predicted octanol–water partition coefficient (Wildman–Crippen LogP) is 3.20. The van der Waals surface area contributed by atoms with Crippen molar-refractivity contribution in [3.63, 3.8) is 0 Å². The molecule has 0 fully saturated rings. The first kappa shape index (κ1) is 10.9. The maximum Gasteiger partial charge on any atom is 0.116 e. The van der Waals surface area contributed by atoms with E-state index in [1.165, 1.54) is 0 Å². The predicted molar refractivity (Wildman–Crippen MR) is 60.1 cm³/mol. The normalized spacial score (nSPS) is 11.4. The van der Waals surface area contributed by atoms with Gasteiger partial charge in [0.15, 0.2) is 0 Å². The minimum absolute atomic E-state index is 0.167. The van der Waals surface area contributed by atoms with Gasteiger partial charge in [-0.15, -0.1) is 0 Å². The summed E-state index contributed by atoms with van der Waals surface area (Å²) in [4.78, 5) is 8.45. The Kier molecular flexibility index (Phi) is 3.39. The molecule has 0 unspecified atom stereocenters. The monoisotopic (exact) mass is 190 g/mol. The van der Waals surface area contributed by atoms with Gasteiger partial charge in [-0.05, 0) is 25.0 Å². The van der Waals surface area contributed by atoms with Gasteiger partial charge in [0.05, 0.1) is 11.4 Å². The Morgan fingerprint density at radius 1 is 1.36 bits per heavy atom. The lowest BCUT2D eigenvalue weighted by atomic mass is 9.81. The highest BCUT2D eigenvalue weighted by Crippen LogP contribution is 2.29. The van der Waals surface area contributed by atoms with Crippen molar-refractivity contribution >= 4 is 6.08 Å². The molecule has 0 aliphatic carbocycles. The second-order valence-electron chi connectivity index (χ2n) is 3.80. The zero-order valence-electron chi connectivity index (χ0n) is 9.25. The molecule has 0 saturated carbocycles. The van der Waals surface area contributed by atoms with Crippen LogP contribution in [0, 0.1) is 0 Å². The Bertz CT molecular complexity index is 314. The molecule has 0 radical (unpaired) electrons.